The molecule has 0 amide bonds. The number of anilines is 6. The quantitative estimate of drug-likeness (QED) is 0.125. The fourth-order valence-corrected chi connectivity index (χ4v) is 5.26. The third-order valence-electron chi connectivity index (χ3n) is 7.49. The van der Waals surface area contributed by atoms with Crippen molar-refractivity contribution >= 4 is 34.1 Å². The Bertz CT molecular complexity index is 1780. The number of nitrogens with two attached hydrogens (primary N) is 1. The number of para-hydroxylation sites is 5. The smallest absolute Gasteiger partial charge is 0.0926 e. The summed E-state index contributed by atoms with van der Waals surface area (Å²) in [5, 5.41) is 7.30. The first-order chi connectivity index (χ1) is 20.7. The number of nitrogens with zero attached hydrogens (tertiary/aromatic N) is 1. The second-order valence-corrected chi connectivity index (χ2v) is 10.3. The number of hydrogen-bond donors (Lipinski definition) is 3. The molecule has 0 spiro atoms. The molecule has 6 rings (SSSR count). The van der Waals surface area contributed by atoms with Crippen LogP contribution in [-0.2, 0) is 0 Å². The van der Waals surface area contributed by atoms with Gasteiger partial charge in [0.15, 0.2) is 0 Å². The molecule has 0 aliphatic rings. The standard InChI is InChI=1S/C38H34N4/c1-28-24-25-31(42(30-16-6-3-7-17-30)27-40-38-23-13-10-20-35(38)39)26-34(28)33-19-9-12-22-37(33)41-36-21-11-8-18-32(36)29-14-4-2-5-15-29/h2-26,40-41H,27,39H2,1H3. The summed E-state index contributed by atoms with van der Waals surface area (Å²) in [4.78, 5) is 2.27. The average molecular weight is 547 g/mol. The van der Waals surface area contributed by atoms with Crippen LogP contribution in [0.4, 0.5) is 34.1 Å². The van der Waals surface area contributed by atoms with E-state index in [2.05, 4.69) is 138 Å². The minimum Gasteiger partial charge on any atom is -0.397 e. The van der Waals surface area contributed by atoms with E-state index < -0.39 is 0 Å². The highest BCUT2D eigenvalue weighted by atomic mass is 15.2. The fourth-order valence-electron chi connectivity index (χ4n) is 5.26. The number of nitrogens with one attached hydrogen (secondary N) is 2. The van der Waals surface area contributed by atoms with Crippen LogP contribution < -0.4 is 21.3 Å². The molecule has 206 valence electrons. The van der Waals surface area contributed by atoms with Crippen molar-refractivity contribution < 1.29 is 0 Å². The van der Waals surface area contributed by atoms with Crippen molar-refractivity contribution in [1.29, 1.82) is 0 Å². The van der Waals surface area contributed by atoms with Gasteiger partial charge < -0.3 is 21.3 Å². The van der Waals surface area contributed by atoms with Gasteiger partial charge in [-0.15, -0.1) is 0 Å². The molecular weight excluding hydrogens is 512 g/mol. The predicted octanol–water partition coefficient (Wildman–Crippen LogP) is 9.86. The Labute approximate surface area is 248 Å². The Hall–Kier alpha value is -5.48. The van der Waals surface area contributed by atoms with Crippen LogP contribution in [0.5, 0.6) is 0 Å². The summed E-state index contributed by atoms with van der Waals surface area (Å²) < 4.78 is 0. The summed E-state index contributed by atoms with van der Waals surface area (Å²) in [7, 11) is 0. The molecule has 0 fully saturated rings. The zero-order valence-corrected chi connectivity index (χ0v) is 23.7. The lowest BCUT2D eigenvalue weighted by molar-refractivity contribution is 1.03. The summed E-state index contributed by atoms with van der Waals surface area (Å²) >= 11 is 0. The minimum absolute atomic E-state index is 0.561. The highest BCUT2D eigenvalue weighted by Crippen LogP contribution is 2.38. The molecule has 0 radical (unpaired) electrons. The molecule has 0 unspecified atom stereocenters. The Morgan fingerprint density at radius 2 is 1.10 bits per heavy atom. The number of aryl methyl sites for hydroxylation is 1. The fraction of sp³-hybridized carbons (Fsp3) is 0.0526. The van der Waals surface area contributed by atoms with Gasteiger partial charge in [-0.2, -0.15) is 0 Å². The van der Waals surface area contributed by atoms with E-state index in [1.165, 1.54) is 22.3 Å². The van der Waals surface area contributed by atoms with Gasteiger partial charge in [-0.1, -0.05) is 103 Å². The summed E-state index contributed by atoms with van der Waals surface area (Å²) in [6, 6.07) is 52.5. The molecule has 4 N–H and O–H groups in total. The molecule has 0 saturated heterocycles. The van der Waals surface area contributed by atoms with E-state index >= 15 is 0 Å². The van der Waals surface area contributed by atoms with Crippen LogP contribution in [0.1, 0.15) is 5.56 Å². The van der Waals surface area contributed by atoms with Crippen LogP contribution >= 0.6 is 0 Å². The summed E-state index contributed by atoms with van der Waals surface area (Å²) in [6.45, 7) is 2.73. The van der Waals surface area contributed by atoms with Gasteiger partial charge in [0, 0.05) is 33.9 Å². The molecule has 0 bridgehead atoms. The molecule has 0 saturated carbocycles. The van der Waals surface area contributed by atoms with Crippen molar-refractivity contribution in [1.82, 2.24) is 0 Å². The van der Waals surface area contributed by atoms with E-state index in [1.54, 1.807) is 0 Å². The zero-order valence-electron chi connectivity index (χ0n) is 23.7. The van der Waals surface area contributed by atoms with E-state index in [0.29, 0.717) is 6.67 Å². The van der Waals surface area contributed by atoms with Crippen molar-refractivity contribution in [3.8, 4) is 22.3 Å². The third-order valence-corrected chi connectivity index (χ3v) is 7.49. The average Bonchev–Trinajstić information content (AvgIpc) is 3.04. The van der Waals surface area contributed by atoms with E-state index in [0.717, 1.165) is 39.7 Å². The summed E-state index contributed by atoms with van der Waals surface area (Å²) in [6.07, 6.45) is 0. The molecular formula is C38H34N4. The molecule has 0 aliphatic carbocycles. The maximum Gasteiger partial charge on any atom is 0.0926 e. The molecule has 4 nitrogen and oxygen atoms in total. The second kappa shape index (κ2) is 12.4. The Morgan fingerprint density at radius 3 is 1.81 bits per heavy atom. The molecule has 0 aromatic heterocycles. The van der Waals surface area contributed by atoms with Gasteiger partial charge in [-0.05, 0) is 72.1 Å². The lowest BCUT2D eigenvalue weighted by Crippen LogP contribution is -2.25. The maximum absolute atomic E-state index is 6.24. The van der Waals surface area contributed by atoms with E-state index in [-0.39, 0.29) is 0 Å². The van der Waals surface area contributed by atoms with Gasteiger partial charge in [0.1, 0.15) is 0 Å². The Morgan fingerprint density at radius 1 is 0.524 bits per heavy atom. The topological polar surface area (TPSA) is 53.3 Å². The van der Waals surface area contributed by atoms with Crippen LogP contribution in [0, 0.1) is 6.92 Å². The first-order valence-corrected chi connectivity index (χ1v) is 14.2. The highest BCUT2D eigenvalue weighted by Gasteiger charge is 2.15. The van der Waals surface area contributed by atoms with Crippen LogP contribution in [0.2, 0.25) is 0 Å². The SMILES string of the molecule is Cc1ccc(N(CNc2ccccc2N)c2ccccc2)cc1-c1ccccc1Nc1ccccc1-c1ccccc1. The monoisotopic (exact) mass is 546 g/mol. The third kappa shape index (κ3) is 5.84. The molecule has 0 atom stereocenters. The zero-order chi connectivity index (χ0) is 28.7. The van der Waals surface area contributed by atoms with Gasteiger partial charge in [-0.25, -0.2) is 0 Å². The lowest BCUT2D eigenvalue weighted by atomic mass is 9.97. The van der Waals surface area contributed by atoms with E-state index in [9.17, 15) is 0 Å². The minimum atomic E-state index is 0.561. The van der Waals surface area contributed by atoms with Crippen molar-refractivity contribution in [2.24, 2.45) is 0 Å². The second-order valence-electron chi connectivity index (χ2n) is 10.3. The van der Waals surface area contributed by atoms with E-state index in [1.807, 2.05) is 36.4 Å². The molecule has 4 heteroatoms. The lowest BCUT2D eigenvalue weighted by Gasteiger charge is -2.27. The van der Waals surface area contributed by atoms with Crippen LogP contribution in [0.15, 0.2) is 152 Å². The number of hydrogen-bond acceptors (Lipinski definition) is 4. The van der Waals surface area contributed by atoms with Crippen LogP contribution in [0.3, 0.4) is 0 Å². The van der Waals surface area contributed by atoms with Gasteiger partial charge in [0.25, 0.3) is 0 Å². The molecule has 6 aromatic carbocycles. The van der Waals surface area contributed by atoms with Crippen molar-refractivity contribution in [2.75, 3.05) is 27.9 Å². The first kappa shape index (κ1) is 26.7. The van der Waals surface area contributed by atoms with E-state index in [4.69, 9.17) is 5.73 Å². The van der Waals surface area contributed by atoms with Gasteiger partial charge >= 0.3 is 0 Å². The number of nitrogen functional groups attached to an aromatic ring is 1. The Balaban J connectivity index is 1.37. The summed E-state index contributed by atoms with van der Waals surface area (Å²) in [5.74, 6) is 0. The molecule has 42 heavy (non-hydrogen) atoms. The van der Waals surface area contributed by atoms with Crippen molar-refractivity contribution in [3.63, 3.8) is 0 Å². The number of rotatable bonds is 9. The molecule has 0 aliphatic heterocycles. The predicted molar refractivity (Wildman–Crippen MR) is 180 cm³/mol. The van der Waals surface area contributed by atoms with Gasteiger partial charge in [-0.3, -0.25) is 0 Å². The molecule has 6 aromatic rings. The largest absolute Gasteiger partial charge is 0.397 e. The summed E-state index contributed by atoms with van der Waals surface area (Å²) in [5.41, 5.74) is 18.1. The Kier molecular flexibility index (Phi) is 7.87. The first-order valence-electron chi connectivity index (χ1n) is 14.2. The van der Waals surface area contributed by atoms with Crippen LogP contribution in [0.25, 0.3) is 22.3 Å². The maximum atomic E-state index is 6.24. The van der Waals surface area contributed by atoms with Gasteiger partial charge in [0.2, 0.25) is 0 Å². The van der Waals surface area contributed by atoms with Crippen molar-refractivity contribution in [2.45, 2.75) is 6.92 Å². The van der Waals surface area contributed by atoms with Gasteiger partial charge in [0.05, 0.1) is 18.0 Å². The number of benzene rings is 6. The van der Waals surface area contributed by atoms with Crippen molar-refractivity contribution in [3.05, 3.63) is 157 Å². The van der Waals surface area contributed by atoms with Crippen LogP contribution in [-0.4, -0.2) is 6.67 Å². The molecule has 0 heterocycles. The normalized spacial score (nSPS) is 10.7. The highest BCUT2D eigenvalue weighted by molar-refractivity contribution is 5.88.